The van der Waals surface area contributed by atoms with Crippen molar-refractivity contribution in [1.82, 2.24) is 10.3 Å². The molecule has 0 spiro atoms. The summed E-state index contributed by atoms with van der Waals surface area (Å²) in [4.78, 5) is 29.3. The van der Waals surface area contributed by atoms with Crippen molar-refractivity contribution in [3.8, 4) is 0 Å². The van der Waals surface area contributed by atoms with Crippen LogP contribution in [0.4, 0.5) is 4.79 Å². The SMILES string of the molecule is Cc1cc([C@@H](C)NC(=O)OC(C)(C)C)ccc1C(=O)c1cccc2cnccc12. The molecule has 5 nitrogen and oxygen atoms in total. The van der Waals surface area contributed by atoms with Crippen LogP contribution in [-0.2, 0) is 4.74 Å². The molecule has 0 aliphatic heterocycles. The Morgan fingerprint density at radius 3 is 2.52 bits per heavy atom. The number of nitrogens with zero attached hydrogens (tertiary/aromatic N) is 1. The molecule has 1 amide bonds. The number of ether oxygens (including phenoxy) is 1. The van der Waals surface area contributed by atoms with Gasteiger partial charge in [-0.1, -0.05) is 36.4 Å². The number of aromatic nitrogens is 1. The first-order valence-corrected chi connectivity index (χ1v) is 9.63. The first kappa shape index (κ1) is 20.5. The maximum Gasteiger partial charge on any atom is 0.408 e. The zero-order chi connectivity index (χ0) is 21.2. The van der Waals surface area contributed by atoms with Crippen molar-refractivity contribution in [3.63, 3.8) is 0 Å². The number of nitrogens with one attached hydrogen (secondary N) is 1. The normalized spacial score (nSPS) is 12.4. The van der Waals surface area contributed by atoms with E-state index in [4.69, 9.17) is 4.74 Å². The number of pyridine rings is 1. The lowest BCUT2D eigenvalue weighted by Crippen LogP contribution is -2.34. The van der Waals surface area contributed by atoms with Gasteiger partial charge in [-0.2, -0.15) is 0 Å². The first-order chi connectivity index (χ1) is 13.7. The minimum atomic E-state index is -0.552. The molecule has 0 fully saturated rings. The number of fused-ring (bicyclic) bond motifs is 1. The van der Waals surface area contributed by atoms with Gasteiger partial charge in [-0.25, -0.2) is 4.79 Å². The molecule has 1 aromatic heterocycles. The van der Waals surface area contributed by atoms with E-state index in [1.54, 1.807) is 12.4 Å². The molecule has 0 radical (unpaired) electrons. The number of benzene rings is 2. The predicted octanol–water partition coefficient (Wildman–Crippen LogP) is 5.36. The van der Waals surface area contributed by atoms with E-state index in [0.29, 0.717) is 11.1 Å². The zero-order valence-corrected chi connectivity index (χ0v) is 17.4. The largest absolute Gasteiger partial charge is 0.444 e. The van der Waals surface area contributed by atoms with Gasteiger partial charge in [-0.3, -0.25) is 9.78 Å². The van der Waals surface area contributed by atoms with Crippen LogP contribution >= 0.6 is 0 Å². The van der Waals surface area contributed by atoms with E-state index < -0.39 is 11.7 Å². The second-order valence-corrected chi connectivity index (χ2v) is 8.17. The third-order valence-electron chi connectivity index (χ3n) is 4.65. The molecule has 150 valence electrons. The molecule has 1 N–H and O–H groups in total. The van der Waals surface area contributed by atoms with Crippen LogP contribution in [0, 0.1) is 6.92 Å². The number of ketones is 1. The average Bonchev–Trinajstić information content (AvgIpc) is 2.65. The highest BCUT2D eigenvalue weighted by Crippen LogP contribution is 2.24. The second kappa shape index (κ2) is 8.03. The summed E-state index contributed by atoms with van der Waals surface area (Å²) in [5.74, 6) is -0.0291. The molecular formula is C24H26N2O3. The van der Waals surface area contributed by atoms with E-state index in [9.17, 15) is 9.59 Å². The van der Waals surface area contributed by atoms with Crippen LogP contribution in [0.2, 0.25) is 0 Å². The van der Waals surface area contributed by atoms with Crippen molar-refractivity contribution < 1.29 is 14.3 Å². The van der Waals surface area contributed by atoms with Gasteiger partial charge in [0.1, 0.15) is 5.60 Å². The molecule has 0 aliphatic rings. The highest BCUT2D eigenvalue weighted by molar-refractivity contribution is 6.16. The lowest BCUT2D eigenvalue weighted by atomic mass is 9.93. The van der Waals surface area contributed by atoms with Crippen LogP contribution in [0.15, 0.2) is 54.9 Å². The molecule has 3 rings (SSSR count). The van der Waals surface area contributed by atoms with E-state index in [-0.39, 0.29) is 11.8 Å². The monoisotopic (exact) mass is 390 g/mol. The molecule has 3 aromatic rings. The van der Waals surface area contributed by atoms with E-state index in [0.717, 1.165) is 21.9 Å². The minimum Gasteiger partial charge on any atom is -0.444 e. The van der Waals surface area contributed by atoms with Crippen LogP contribution in [-0.4, -0.2) is 22.5 Å². The van der Waals surface area contributed by atoms with Crippen molar-refractivity contribution in [2.24, 2.45) is 0 Å². The van der Waals surface area contributed by atoms with Gasteiger partial charge in [0.05, 0.1) is 6.04 Å². The molecule has 0 saturated heterocycles. The summed E-state index contributed by atoms with van der Waals surface area (Å²) in [5, 5.41) is 4.65. The number of hydrogen-bond donors (Lipinski definition) is 1. The third kappa shape index (κ3) is 4.80. The van der Waals surface area contributed by atoms with E-state index in [2.05, 4.69) is 10.3 Å². The number of carbonyl (C=O) groups excluding carboxylic acids is 2. The van der Waals surface area contributed by atoms with Gasteiger partial charge in [0.25, 0.3) is 0 Å². The zero-order valence-electron chi connectivity index (χ0n) is 17.4. The molecule has 1 heterocycles. The summed E-state index contributed by atoms with van der Waals surface area (Å²) >= 11 is 0. The Labute approximate surface area is 171 Å². The van der Waals surface area contributed by atoms with Gasteiger partial charge >= 0.3 is 6.09 Å². The number of carbonyl (C=O) groups is 2. The van der Waals surface area contributed by atoms with Crippen LogP contribution < -0.4 is 5.32 Å². The van der Waals surface area contributed by atoms with E-state index >= 15 is 0 Å². The Kier molecular flexibility index (Phi) is 5.69. The van der Waals surface area contributed by atoms with Crippen LogP contribution in [0.1, 0.15) is 60.8 Å². The molecule has 1 atom stereocenters. The van der Waals surface area contributed by atoms with Crippen molar-refractivity contribution in [3.05, 3.63) is 77.1 Å². The Balaban J connectivity index is 1.84. The Hall–Kier alpha value is -3.21. The fourth-order valence-corrected chi connectivity index (χ4v) is 3.24. The Morgan fingerprint density at radius 1 is 1.07 bits per heavy atom. The first-order valence-electron chi connectivity index (χ1n) is 9.63. The maximum atomic E-state index is 13.2. The number of hydrogen-bond acceptors (Lipinski definition) is 4. The maximum absolute atomic E-state index is 13.2. The number of rotatable bonds is 4. The van der Waals surface area contributed by atoms with Gasteiger partial charge in [-0.15, -0.1) is 0 Å². The van der Waals surface area contributed by atoms with Crippen LogP contribution in [0.25, 0.3) is 10.8 Å². The summed E-state index contributed by atoms with van der Waals surface area (Å²) < 4.78 is 5.31. The summed E-state index contributed by atoms with van der Waals surface area (Å²) in [6.07, 6.45) is 2.98. The minimum absolute atomic E-state index is 0.0291. The second-order valence-electron chi connectivity index (χ2n) is 8.17. The van der Waals surface area contributed by atoms with Crippen LogP contribution in [0.3, 0.4) is 0 Å². The molecule has 29 heavy (non-hydrogen) atoms. The van der Waals surface area contributed by atoms with Gasteiger partial charge in [0, 0.05) is 28.9 Å². The summed E-state index contributed by atoms with van der Waals surface area (Å²) in [7, 11) is 0. The van der Waals surface area contributed by atoms with E-state index in [1.165, 1.54) is 0 Å². The number of aryl methyl sites for hydroxylation is 1. The highest BCUT2D eigenvalue weighted by Gasteiger charge is 2.20. The number of alkyl carbamates (subject to hydrolysis) is 1. The molecule has 0 unspecified atom stereocenters. The number of amides is 1. The summed E-state index contributed by atoms with van der Waals surface area (Å²) in [6.45, 7) is 9.27. The van der Waals surface area contributed by atoms with Gasteiger partial charge in [-0.05, 0) is 57.2 Å². The standard InChI is InChI=1S/C24H26N2O3/c1-15-13-17(16(2)26-23(28)29-24(3,4)5)9-10-19(15)22(27)21-8-6-7-18-14-25-12-11-20(18)21/h6-14,16H,1-5H3,(H,26,28)/t16-/m1/s1. The van der Waals surface area contributed by atoms with Crippen molar-refractivity contribution in [1.29, 1.82) is 0 Å². The molecule has 2 aromatic carbocycles. The summed E-state index contributed by atoms with van der Waals surface area (Å²) in [6, 6.07) is 12.9. The molecule has 5 heteroatoms. The van der Waals surface area contributed by atoms with Gasteiger partial charge in [0.2, 0.25) is 0 Å². The smallest absolute Gasteiger partial charge is 0.408 e. The van der Waals surface area contributed by atoms with Crippen molar-refractivity contribution >= 4 is 22.6 Å². The average molecular weight is 390 g/mol. The third-order valence-corrected chi connectivity index (χ3v) is 4.65. The van der Waals surface area contributed by atoms with Gasteiger partial charge in [0.15, 0.2) is 5.78 Å². The predicted molar refractivity (Wildman–Crippen MR) is 114 cm³/mol. The quantitative estimate of drug-likeness (QED) is 0.609. The molecule has 0 aliphatic carbocycles. The molecule has 0 saturated carbocycles. The Bertz CT molecular complexity index is 1060. The lowest BCUT2D eigenvalue weighted by Gasteiger charge is -2.22. The fraction of sp³-hybridized carbons (Fsp3) is 0.292. The molecular weight excluding hydrogens is 364 g/mol. The topological polar surface area (TPSA) is 68.3 Å². The fourth-order valence-electron chi connectivity index (χ4n) is 3.24. The van der Waals surface area contributed by atoms with E-state index in [1.807, 2.05) is 77.1 Å². The lowest BCUT2D eigenvalue weighted by molar-refractivity contribution is 0.0507. The summed E-state index contributed by atoms with van der Waals surface area (Å²) in [5.41, 5.74) is 2.51. The van der Waals surface area contributed by atoms with Crippen LogP contribution in [0.5, 0.6) is 0 Å². The highest BCUT2D eigenvalue weighted by atomic mass is 16.6. The van der Waals surface area contributed by atoms with Gasteiger partial charge < -0.3 is 10.1 Å². The molecule has 0 bridgehead atoms. The van der Waals surface area contributed by atoms with Crippen molar-refractivity contribution in [2.75, 3.05) is 0 Å². The Morgan fingerprint density at radius 2 is 1.83 bits per heavy atom. The van der Waals surface area contributed by atoms with Crippen molar-refractivity contribution in [2.45, 2.75) is 46.3 Å².